The molecule has 0 radical (unpaired) electrons. The number of para-hydroxylation sites is 1. The number of non-ortho nitro benzene ring substituents is 1. The summed E-state index contributed by atoms with van der Waals surface area (Å²) in [7, 11) is 0. The Morgan fingerprint density at radius 2 is 1.83 bits per heavy atom. The number of benzene rings is 3. The molecule has 0 aliphatic carbocycles. The van der Waals surface area contributed by atoms with Gasteiger partial charge in [0, 0.05) is 22.7 Å². The molecular weight excluding hydrogens is 566 g/mol. The molecule has 2 heterocycles. The summed E-state index contributed by atoms with van der Waals surface area (Å²) in [4.78, 5) is 42.4. The monoisotopic (exact) mass is 589 g/mol. The Labute approximate surface area is 243 Å². The maximum Gasteiger partial charge on any atom is 0.338 e. The highest BCUT2D eigenvalue weighted by atomic mass is 35.5. The lowest BCUT2D eigenvalue weighted by Gasteiger charge is -2.24. The van der Waals surface area contributed by atoms with Gasteiger partial charge in [0.15, 0.2) is 4.80 Å². The largest absolute Gasteiger partial charge is 0.488 e. The van der Waals surface area contributed by atoms with Gasteiger partial charge >= 0.3 is 5.97 Å². The normalized spacial score (nSPS) is 14.8. The Hall–Kier alpha value is -4.54. The van der Waals surface area contributed by atoms with Gasteiger partial charge in [0.1, 0.15) is 12.4 Å². The lowest BCUT2D eigenvalue weighted by Crippen LogP contribution is -2.39. The molecule has 0 fully saturated rings. The van der Waals surface area contributed by atoms with E-state index in [1.54, 1.807) is 62.4 Å². The summed E-state index contributed by atoms with van der Waals surface area (Å²) < 4.78 is 13.3. The van der Waals surface area contributed by atoms with Gasteiger partial charge in [-0.25, -0.2) is 9.79 Å². The standard InChI is InChI=1S/C30H24ClN3O6S/c1-3-39-29(36)26-18(2)32-30-33(27(26)20-10-12-22(31)13-11-20)28(35)25(41-30)16-21-6-4-5-7-24(21)40-17-19-8-14-23(15-9-19)34(37)38/h4-16,27H,3,17H2,1-2H3/b25-16-/t27-/m1/s1. The van der Waals surface area contributed by atoms with E-state index in [9.17, 15) is 19.7 Å². The number of hydrogen-bond donors (Lipinski definition) is 0. The minimum atomic E-state index is -0.738. The van der Waals surface area contributed by atoms with Crippen molar-refractivity contribution >= 4 is 40.7 Å². The molecule has 0 N–H and O–H groups in total. The lowest BCUT2D eigenvalue weighted by molar-refractivity contribution is -0.384. The van der Waals surface area contributed by atoms with Crippen LogP contribution in [0.2, 0.25) is 5.02 Å². The van der Waals surface area contributed by atoms with Gasteiger partial charge in [0.2, 0.25) is 0 Å². The van der Waals surface area contributed by atoms with E-state index in [0.29, 0.717) is 42.5 Å². The number of ether oxygens (including phenoxy) is 2. The SMILES string of the molecule is CCOC(=O)C1=C(C)N=c2s/c(=C\c3ccccc3OCc3ccc([N+](=O)[O-])cc3)c(=O)n2[C@@H]1c1ccc(Cl)cc1. The number of aromatic nitrogens is 1. The van der Waals surface area contributed by atoms with E-state index in [-0.39, 0.29) is 24.5 Å². The molecule has 1 atom stereocenters. The Balaban J connectivity index is 1.55. The zero-order valence-corrected chi connectivity index (χ0v) is 23.6. The van der Waals surface area contributed by atoms with Crippen LogP contribution < -0.4 is 19.6 Å². The number of nitrogens with zero attached hydrogens (tertiary/aromatic N) is 3. The van der Waals surface area contributed by atoms with Crippen LogP contribution >= 0.6 is 22.9 Å². The summed E-state index contributed by atoms with van der Waals surface area (Å²) in [5.41, 5.74) is 2.59. The van der Waals surface area contributed by atoms with Crippen molar-refractivity contribution in [2.24, 2.45) is 4.99 Å². The van der Waals surface area contributed by atoms with Crippen molar-refractivity contribution in [3.8, 4) is 5.75 Å². The maximum atomic E-state index is 13.9. The Kier molecular flexibility index (Phi) is 8.14. The summed E-state index contributed by atoms with van der Waals surface area (Å²) in [6, 6.07) is 19.6. The second kappa shape index (κ2) is 11.9. The molecule has 0 amide bonds. The average Bonchev–Trinajstić information content (AvgIpc) is 3.26. The Morgan fingerprint density at radius 1 is 1.12 bits per heavy atom. The summed E-state index contributed by atoms with van der Waals surface area (Å²) in [6.45, 7) is 3.82. The number of halogens is 1. The van der Waals surface area contributed by atoms with Gasteiger partial charge < -0.3 is 9.47 Å². The summed E-state index contributed by atoms with van der Waals surface area (Å²) in [6.07, 6.45) is 1.73. The molecule has 0 unspecified atom stereocenters. The van der Waals surface area contributed by atoms with Gasteiger partial charge in [-0.3, -0.25) is 19.5 Å². The first-order valence-electron chi connectivity index (χ1n) is 12.7. The predicted octanol–water partition coefficient (Wildman–Crippen LogP) is 4.94. The van der Waals surface area contributed by atoms with Crippen molar-refractivity contribution in [1.82, 2.24) is 4.57 Å². The molecule has 1 aliphatic heterocycles. The molecule has 9 nitrogen and oxygen atoms in total. The van der Waals surface area contributed by atoms with E-state index in [2.05, 4.69) is 4.99 Å². The minimum Gasteiger partial charge on any atom is -0.488 e. The topological polar surface area (TPSA) is 113 Å². The fourth-order valence-electron chi connectivity index (χ4n) is 4.50. The van der Waals surface area contributed by atoms with E-state index in [1.165, 1.54) is 28.0 Å². The molecule has 41 heavy (non-hydrogen) atoms. The first-order valence-corrected chi connectivity index (χ1v) is 13.9. The van der Waals surface area contributed by atoms with E-state index < -0.39 is 16.9 Å². The van der Waals surface area contributed by atoms with E-state index >= 15 is 0 Å². The number of carbonyl (C=O) groups excluding carboxylic acids is 1. The molecule has 11 heteroatoms. The Morgan fingerprint density at radius 3 is 2.51 bits per heavy atom. The van der Waals surface area contributed by atoms with Crippen molar-refractivity contribution in [1.29, 1.82) is 0 Å². The van der Waals surface area contributed by atoms with Crippen LogP contribution in [0.15, 0.2) is 93.9 Å². The van der Waals surface area contributed by atoms with Crippen molar-refractivity contribution < 1.29 is 19.2 Å². The molecule has 1 aliphatic rings. The second-order valence-corrected chi connectivity index (χ2v) is 10.5. The number of esters is 1. The zero-order valence-electron chi connectivity index (χ0n) is 22.1. The molecule has 3 aromatic carbocycles. The van der Waals surface area contributed by atoms with Crippen LogP contribution in [-0.4, -0.2) is 22.1 Å². The third-order valence-electron chi connectivity index (χ3n) is 6.45. The van der Waals surface area contributed by atoms with E-state index in [1.807, 2.05) is 18.2 Å². The lowest BCUT2D eigenvalue weighted by atomic mass is 9.96. The van der Waals surface area contributed by atoms with Crippen LogP contribution in [0.5, 0.6) is 5.75 Å². The van der Waals surface area contributed by atoms with Gasteiger partial charge in [0.25, 0.3) is 11.2 Å². The van der Waals surface area contributed by atoms with E-state index in [0.717, 1.165) is 5.56 Å². The highest BCUT2D eigenvalue weighted by molar-refractivity contribution is 7.07. The first-order chi connectivity index (χ1) is 19.8. The van der Waals surface area contributed by atoms with Crippen molar-refractivity contribution in [3.63, 3.8) is 0 Å². The molecule has 0 saturated carbocycles. The minimum absolute atomic E-state index is 0.00257. The van der Waals surface area contributed by atoms with Gasteiger partial charge in [-0.15, -0.1) is 0 Å². The van der Waals surface area contributed by atoms with E-state index in [4.69, 9.17) is 21.1 Å². The van der Waals surface area contributed by atoms with Crippen molar-refractivity contribution in [2.45, 2.75) is 26.5 Å². The number of nitro groups is 1. The van der Waals surface area contributed by atoms with Crippen LogP contribution in [0.25, 0.3) is 6.08 Å². The number of rotatable bonds is 8. The summed E-state index contributed by atoms with van der Waals surface area (Å²) >= 11 is 7.33. The van der Waals surface area contributed by atoms with Gasteiger partial charge in [0.05, 0.1) is 33.4 Å². The van der Waals surface area contributed by atoms with Gasteiger partial charge in [-0.2, -0.15) is 0 Å². The first kappa shape index (κ1) is 28.0. The zero-order chi connectivity index (χ0) is 29.1. The van der Waals surface area contributed by atoms with Crippen LogP contribution in [-0.2, 0) is 16.1 Å². The fraction of sp³-hybridized carbons (Fsp3) is 0.167. The number of carbonyl (C=O) groups is 1. The molecule has 4 aromatic rings. The Bertz CT molecular complexity index is 1840. The third kappa shape index (κ3) is 5.84. The summed E-state index contributed by atoms with van der Waals surface area (Å²) in [5, 5.41) is 11.5. The van der Waals surface area contributed by atoms with Gasteiger partial charge in [-0.05, 0) is 61.4 Å². The van der Waals surface area contributed by atoms with Crippen LogP contribution in [0.3, 0.4) is 0 Å². The number of thiazole rings is 1. The second-order valence-electron chi connectivity index (χ2n) is 9.10. The third-order valence-corrected chi connectivity index (χ3v) is 7.68. The number of hydrogen-bond acceptors (Lipinski definition) is 8. The smallest absolute Gasteiger partial charge is 0.338 e. The number of allylic oxidation sites excluding steroid dienone is 1. The highest BCUT2D eigenvalue weighted by Gasteiger charge is 2.33. The van der Waals surface area contributed by atoms with Crippen LogP contribution in [0.4, 0.5) is 5.69 Å². The van der Waals surface area contributed by atoms with Crippen molar-refractivity contribution in [2.75, 3.05) is 6.61 Å². The molecule has 1 aromatic heterocycles. The average molecular weight is 590 g/mol. The van der Waals surface area contributed by atoms with Crippen LogP contribution in [0, 0.1) is 10.1 Å². The number of nitro benzene ring substituents is 1. The maximum absolute atomic E-state index is 13.9. The molecule has 0 bridgehead atoms. The molecule has 5 rings (SSSR count). The van der Waals surface area contributed by atoms with Crippen LogP contribution in [0.1, 0.15) is 36.6 Å². The molecule has 0 saturated heterocycles. The number of fused-ring (bicyclic) bond motifs is 1. The fourth-order valence-corrected chi connectivity index (χ4v) is 5.66. The summed E-state index contributed by atoms with van der Waals surface area (Å²) in [5.74, 6) is 0.00213. The van der Waals surface area contributed by atoms with Crippen molar-refractivity contribution in [3.05, 3.63) is 136 Å². The molecule has 0 spiro atoms. The highest BCUT2D eigenvalue weighted by Crippen LogP contribution is 2.31. The predicted molar refractivity (Wildman–Crippen MR) is 156 cm³/mol. The quantitative estimate of drug-likeness (QED) is 0.163. The molecule has 208 valence electrons. The van der Waals surface area contributed by atoms with Gasteiger partial charge in [-0.1, -0.05) is 53.3 Å². The molecular formula is C30H24ClN3O6S.